The Morgan fingerprint density at radius 2 is 1.95 bits per heavy atom. The van der Waals surface area contributed by atoms with Gasteiger partial charge in [-0.2, -0.15) is 0 Å². The van der Waals surface area contributed by atoms with Crippen LogP contribution in [-0.2, 0) is 6.54 Å². The summed E-state index contributed by atoms with van der Waals surface area (Å²) in [7, 11) is 0. The summed E-state index contributed by atoms with van der Waals surface area (Å²) in [6.07, 6.45) is 1.74. The van der Waals surface area contributed by atoms with Gasteiger partial charge in [-0.05, 0) is 27.6 Å². The van der Waals surface area contributed by atoms with Crippen LogP contribution < -0.4 is 4.90 Å². The molecule has 2 rings (SSSR count). The van der Waals surface area contributed by atoms with Gasteiger partial charge < -0.3 is 4.90 Å². The monoisotopic (exact) mass is 358 g/mol. The normalized spacial score (nSPS) is 10.5. The fourth-order valence-corrected chi connectivity index (χ4v) is 2.76. The van der Waals surface area contributed by atoms with E-state index < -0.39 is 0 Å². The van der Waals surface area contributed by atoms with Gasteiger partial charge in [-0.25, -0.2) is 4.98 Å². The van der Waals surface area contributed by atoms with Crippen molar-refractivity contribution < 1.29 is 0 Å². The average Bonchev–Trinajstić information content (AvgIpc) is 2.39. The molecule has 0 spiro atoms. The first-order valence-electron chi connectivity index (χ1n) is 5.86. The summed E-state index contributed by atoms with van der Waals surface area (Å²) in [4.78, 5) is 6.46. The number of hydrogen-bond donors (Lipinski definition) is 0. The van der Waals surface area contributed by atoms with Crippen molar-refractivity contribution in [2.75, 3.05) is 17.3 Å². The van der Waals surface area contributed by atoms with E-state index in [1.807, 2.05) is 24.3 Å². The van der Waals surface area contributed by atoms with Gasteiger partial charge in [0, 0.05) is 29.6 Å². The molecule has 5 heteroatoms. The Morgan fingerprint density at radius 3 is 2.58 bits per heavy atom. The highest BCUT2D eigenvalue weighted by Gasteiger charge is 2.12. The topological polar surface area (TPSA) is 16.1 Å². The highest BCUT2D eigenvalue weighted by atomic mass is 79.9. The Bertz CT molecular complexity index is 534. The molecule has 2 nitrogen and oxygen atoms in total. The molecule has 0 aliphatic heterocycles. The molecule has 0 aliphatic carbocycles. The van der Waals surface area contributed by atoms with Gasteiger partial charge in [0.15, 0.2) is 0 Å². The molecule has 19 heavy (non-hydrogen) atoms. The number of hydrogen-bond acceptors (Lipinski definition) is 2. The lowest BCUT2D eigenvalue weighted by Crippen LogP contribution is -2.26. The zero-order valence-electron chi connectivity index (χ0n) is 10.2. The molecule has 0 saturated carbocycles. The van der Waals surface area contributed by atoms with Crippen molar-refractivity contribution in [3.63, 3.8) is 0 Å². The number of pyridine rings is 1. The molecule has 0 atom stereocenters. The van der Waals surface area contributed by atoms with Crippen molar-refractivity contribution in [3.8, 4) is 0 Å². The third-order valence-electron chi connectivity index (χ3n) is 2.66. The molecular formula is C14H13BrCl2N2. The van der Waals surface area contributed by atoms with E-state index in [1.54, 1.807) is 6.20 Å². The zero-order chi connectivity index (χ0) is 13.7. The first-order chi connectivity index (χ1) is 9.20. The van der Waals surface area contributed by atoms with E-state index >= 15 is 0 Å². The fraction of sp³-hybridized carbons (Fsp3) is 0.214. The summed E-state index contributed by atoms with van der Waals surface area (Å²) in [5.41, 5.74) is 1.20. The predicted octanol–water partition coefficient (Wildman–Crippen LogP) is 4.74. The van der Waals surface area contributed by atoms with Gasteiger partial charge in [0.25, 0.3) is 0 Å². The fourth-order valence-electron chi connectivity index (χ4n) is 1.81. The van der Waals surface area contributed by atoms with Crippen LogP contribution in [0.4, 0.5) is 5.82 Å². The number of benzene rings is 1. The number of anilines is 1. The summed E-state index contributed by atoms with van der Waals surface area (Å²) in [6, 6.07) is 12.0. The summed E-state index contributed by atoms with van der Waals surface area (Å²) in [6.45, 7) is 1.44. The van der Waals surface area contributed by atoms with Crippen molar-refractivity contribution in [3.05, 3.63) is 57.7 Å². The van der Waals surface area contributed by atoms with Crippen LogP contribution in [0.3, 0.4) is 0 Å². The number of nitrogens with zero attached hydrogens (tertiary/aromatic N) is 2. The minimum absolute atomic E-state index is 0.529. The molecule has 1 aromatic carbocycles. The van der Waals surface area contributed by atoms with Crippen LogP contribution in [0, 0.1) is 0 Å². The van der Waals surface area contributed by atoms with Gasteiger partial charge in [0.2, 0.25) is 0 Å². The van der Waals surface area contributed by atoms with E-state index in [4.69, 9.17) is 23.2 Å². The molecule has 2 aromatic rings. The lowest BCUT2D eigenvalue weighted by molar-refractivity contribution is 0.817. The van der Waals surface area contributed by atoms with E-state index in [2.05, 4.69) is 37.9 Å². The van der Waals surface area contributed by atoms with Crippen LogP contribution in [0.1, 0.15) is 5.56 Å². The van der Waals surface area contributed by atoms with E-state index in [0.29, 0.717) is 17.4 Å². The molecule has 0 amide bonds. The Kier molecular flexibility index (Phi) is 5.49. The summed E-state index contributed by atoms with van der Waals surface area (Å²) < 4.78 is 0.867. The standard InChI is InChI=1S/C14H13BrCl2N2/c15-12-8-13(17)14(18-9-12)19(7-6-16)10-11-4-2-1-3-5-11/h1-5,8-9H,6-7,10H2. The van der Waals surface area contributed by atoms with Gasteiger partial charge in [0.1, 0.15) is 5.82 Å². The van der Waals surface area contributed by atoms with Crippen LogP contribution in [0.5, 0.6) is 0 Å². The molecule has 1 heterocycles. The second-order valence-corrected chi connectivity index (χ2v) is 5.76. The second kappa shape index (κ2) is 7.13. The van der Waals surface area contributed by atoms with Gasteiger partial charge in [-0.3, -0.25) is 0 Å². The van der Waals surface area contributed by atoms with Gasteiger partial charge >= 0.3 is 0 Å². The summed E-state index contributed by atoms with van der Waals surface area (Å²) in [5, 5.41) is 0.621. The summed E-state index contributed by atoms with van der Waals surface area (Å²) >= 11 is 15.5. The molecule has 0 aliphatic rings. The van der Waals surface area contributed by atoms with Crippen molar-refractivity contribution in [2.45, 2.75) is 6.54 Å². The predicted molar refractivity (Wildman–Crippen MR) is 85.2 cm³/mol. The van der Waals surface area contributed by atoms with Crippen LogP contribution in [0.25, 0.3) is 0 Å². The number of rotatable bonds is 5. The Hall–Kier alpha value is -0.770. The molecule has 0 fully saturated rings. The van der Waals surface area contributed by atoms with Crippen molar-refractivity contribution >= 4 is 44.9 Å². The average molecular weight is 360 g/mol. The minimum atomic E-state index is 0.529. The highest BCUT2D eigenvalue weighted by molar-refractivity contribution is 9.10. The third-order valence-corrected chi connectivity index (χ3v) is 3.54. The summed E-state index contributed by atoms with van der Waals surface area (Å²) in [5.74, 6) is 1.29. The minimum Gasteiger partial charge on any atom is -0.350 e. The maximum absolute atomic E-state index is 6.25. The van der Waals surface area contributed by atoms with Gasteiger partial charge in [0.05, 0.1) is 5.02 Å². The molecule has 100 valence electrons. The lowest BCUT2D eigenvalue weighted by Gasteiger charge is -2.23. The molecule has 0 saturated heterocycles. The smallest absolute Gasteiger partial charge is 0.147 e. The largest absolute Gasteiger partial charge is 0.350 e. The first-order valence-corrected chi connectivity index (χ1v) is 7.57. The molecule has 0 unspecified atom stereocenters. The van der Waals surface area contributed by atoms with E-state index in [-0.39, 0.29) is 0 Å². The third kappa shape index (κ3) is 4.10. The molecule has 0 bridgehead atoms. The Morgan fingerprint density at radius 1 is 1.21 bits per heavy atom. The molecule has 1 aromatic heterocycles. The Balaban J connectivity index is 2.24. The SMILES string of the molecule is ClCCN(Cc1ccccc1)c1ncc(Br)cc1Cl. The number of halogens is 3. The molecular weight excluding hydrogens is 347 g/mol. The van der Waals surface area contributed by atoms with Crippen LogP contribution in [0.15, 0.2) is 47.1 Å². The second-order valence-electron chi connectivity index (χ2n) is 4.06. The van der Waals surface area contributed by atoms with Crippen LogP contribution >= 0.6 is 39.1 Å². The highest BCUT2D eigenvalue weighted by Crippen LogP contribution is 2.27. The van der Waals surface area contributed by atoms with E-state index in [9.17, 15) is 0 Å². The quantitative estimate of drug-likeness (QED) is 0.716. The first kappa shape index (κ1) is 14.6. The maximum Gasteiger partial charge on any atom is 0.147 e. The van der Waals surface area contributed by atoms with Crippen molar-refractivity contribution in [1.29, 1.82) is 0 Å². The Labute approximate surface area is 131 Å². The van der Waals surface area contributed by atoms with Crippen molar-refractivity contribution in [1.82, 2.24) is 4.98 Å². The zero-order valence-corrected chi connectivity index (χ0v) is 13.3. The van der Waals surface area contributed by atoms with Gasteiger partial charge in [-0.15, -0.1) is 11.6 Å². The van der Waals surface area contributed by atoms with Crippen LogP contribution in [0.2, 0.25) is 5.02 Å². The lowest BCUT2D eigenvalue weighted by atomic mass is 10.2. The molecule has 0 N–H and O–H groups in total. The maximum atomic E-state index is 6.25. The van der Waals surface area contributed by atoms with Gasteiger partial charge in [-0.1, -0.05) is 41.9 Å². The van der Waals surface area contributed by atoms with Crippen LogP contribution in [-0.4, -0.2) is 17.4 Å². The molecule has 0 radical (unpaired) electrons. The number of aromatic nitrogens is 1. The van der Waals surface area contributed by atoms with E-state index in [0.717, 1.165) is 16.8 Å². The van der Waals surface area contributed by atoms with Crippen molar-refractivity contribution in [2.24, 2.45) is 0 Å². The number of alkyl halides is 1. The van der Waals surface area contributed by atoms with E-state index in [1.165, 1.54) is 5.56 Å².